The van der Waals surface area contributed by atoms with E-state index in [1.54, 1.807) is 11.8 Å². The third-order valence-corrected chi connectivity index (χ3v) is 7.47. The molecule has 1 amide bonds. The van der Waals surface area contributed by atoms with Crippen molar-refractivity contribution in [3.8, 4) is 0 Å². The fraction of sp³-hybridized carbons (Fsp3) is 0.538. The number of carbonyl (C=O) groups excluding carboxylic acids is 1. The number of aryl methyl sites for hydroxylation is 1. The maximum Gasteiger partial charge on any atom is 0.416 e. The van der Waals surface area contributed by atoms with Gasteiger partial charge in [-0.25, -0.2) is 13.8 Å². The number of anilines is 2. The number of halogens is 5. The zero-order valence-electron chi connectivity index (χ0n) is 21.0. The Kier molecular flexibility index (Phi) is 7.75. The van der Waals surface area contributed by atoms with E-state index in [9.17, 15) is 31.9 Å². The molecule has 4 rings (SSSR count). The molecule has 37 heavy (non-hydrogen) atoms. The number of hydrogen-bond donors (Lipinski definition) is 1. The molecule has 2 aliphatic rings. The van der Waals surface area contributed by atoms with Gasteiger partial charge in [0.2, 0.25) is 5.91 Å². The Bertz CT molecular complexity index is 1140. The van der Waals surface area contributed by atoms with Gasteiger partial charge in [0.1, 0.15) is 11.9 Å². The van der Waals surface area contributed by atoms with Crippen LogP contribution in [0.3, 0.4) is 0 Å². The molecule has 1 N–H and O–H groups in total. The molecule has 4 atom stereocenters. The van der Waals surface area contributed by atoms with E-state index in [4.69, 9.17) is 0 Å². The summed E-state index contributed by atoms with van der Waals surface area (Å²) in [6, 6.07) is 3.79. The fourth-order valence-corrected chi connectivity index (χ4v) is 5.52. The second-order valence-corrected chi connectivity index (χ2v) is 9.82. The van der Waals surface area contributed by atoms with Crippen molar-refractivity contribution < 1.29 is 31.9 Å². The summed E-state index contributed by atoms with van der Waals surface area (Å²) >= 11 is 0. The second kappa shape index (κ2) is 10.5. The highest BCUT2D eigenvalue weighted by Crippen LogP contribution is 2.36. The van der Waals surface area contributed by atoms with Crippen molar-refractivity contribution >= 4 is 17.4 Å². The van der Waals surface area contributed by atoms with E-state index in [0.717, 1.165) is 37.1 Å². The minimum atomic E-state index is -4.59. The van der Waals surface area contributed by atoms with Gasteiger partial charge in [-0.05, 0) is 70.8 Å². The van der Waals surface area contributed by atoms with Crippen LogP contribution in [0.25, 0.3) is 0 Å². The van der Waals surface area contributed by atoms with E-state index in [-0.39, 0.29) is 48.8 Å². The first-order chi connectivity index (χ1) is 17.4. The van der Waals surface area contributed by atoms with Crippen LogP contribution < -0.4 is 9.80 Å². The SMILES string of the molecule is CCN(C(=O)[C@@H]1C[C@H](N(C)[C@H]2CCC[C@H]2O)CN1c1cc(C(F)(F)F)cc(C)n1)c1ccc(F)c(F)c1. The molecule has 0 radical (unpaired) electrons. The molecule has 0 unspecified atom stereocenters. The summed E-state index contributed by atoms with van der Waals surface area (Å²) in [4.78, 5) is 23.0. The first-order valence-electron chi connectivity index (χ1n) is 12.4. The number of likely N-dealkylation sites (N-methyl/N-ethyl adjacent to an activating group) is 2. The topological polar surface area (TPSA) is 59.9 Å². The van der Waals surface area contributed by atoms with E-state index < -0.39 is 41.4 Å². The maximum absolute atomic E-state index is 14.0. The molecule has 1 aromatic carbocycles. The van der Waals surface area contributed by atoms with Crippen LogP contribution in [0.4, 0.5) is 33.5 Å². The third-order valence-electron chi connectivity index (χ3n) is 7.47. The lowest BCUT2D eigenvalue weighted by molar-refractivity contribution is -0.137. The summed E-state index contributed by atoms with van der Waals surface area (Å²) in [5.41, 5.74) is -0.549. The van der Waals surface area contributed by atoms with Crippen LogP contribution in [0.1, 0.15) is 43.9 Å². The average molecular weight is 527 g/mol. The smallest absolute Gasteiger partial charge is 0.391 e. The molecule has 1 saturated heterocycles. The lowest BCUT2D eigenvalue weighted by Gasteiger charge is -2.32. The molecule has 1 aliphatic carbocycles. The van der Waals surface area contributed by atoms with Crippen molar-refractivity contribution in [2.75, 3.05) is 29.9 Å². The molecule has 0 bridgehead atoms. The van der Waals surface area contributed by atoms with Crippen LogP contribution in [0.5, 0.6) is 0 Å². The molecule has 0 spiro atoms. The number of hydrogen-bond acceptors (Lipinski definition) is 5. The van der Waals surface area contributed by atoms with Gasteiger partial charge in [-0.1, -0.05) is 0 Å². The van der Waals surface area contributed by atoms with Gasteiger partial charge in [0.05, 0.1) is 11.7 Å². The predicted octanol–water partition coefficient (Wildman–Crippen LogP) is 4.53. The summed E-state index contributed by atoms with van der Waals surface area (Å²) in [7, 11) is 1.85. The van der Waals surface area contributed by atoms with Crippen LogP contribution in [0.15, 0.2) is 30.3 Å². The van der Waals surface area contributed by atoms with Crippen molar-refractivity contribution in [1.82, 2.24) is 9.88 Å². The average Bonchev–Trinajstić information content (AvgIpc) is 3.47. The van der Waals surface area contributed by atoms with Gasteiger partial charge in [0, 0.05) is 42.6 Å². The maximum atomic E-state index is 14.0. The predicted molar refractivity (Wildman–Crippen MR) is 129 cm³/mol. The molecule has 202 valence electrons. The number of pyridine rings is 1. The van der Waals surface area contributed by atoms with E-state index in [1.165, 1.54) is 17.9 Å². The Morgan fingerprint density at radius 2 is 1.89 bits per heavy atom. The monoisotopic (exact) mass is 526 g/mol. The molecule has 1 saturated carbocycles. The summed E-state index contributed by atoms with van der Waals surface area (Å²) in [6.07, 6.45) is -2.52. The van der Waals surface area contributed by atoms with Crippen LogP contribution in [0.2, 0.25) is 0 Å². The lowest BCUT2D eigenvalue weighted by Crippen LogP contribution is -2.46. The number of amides is 1. The summed E-state index contributed by atoms with van der Waals surface area (Å²) in [5.74, 6) is -2.58. The van der Waals surface area contributed by atoms with Gasteiger partial charge in [-0.2, -0.15) is 13.2 Å². The van der Waals surface area contributed by atoms with Crippen molar-refractivity contribution in [2.24, 2.45) is 0 Å². The van der Waals surface area contributed by atoms with Crippen LogP contribution >= 0.6 is 0 Å². The van der Waals surface area contributed by atoms with E-state index >= 15 is 0 Å². The molecular formula is C26H31F5N4O2. The number of rotatable bonds is 6. The quantitative estimate of drug-likeness (QED) is 0.561. The minimum Gasteiger partial charge on any atom is -0.391 e. The first-order valence-corrected chi connectivity index (χ1v) is 12.4. The number of aromatic nitrogens is 1. The third kappa shape index (κ3) is 5.57. The number of aliphatic hydroxyl groups is 1. The Labute approximate surface area is 212 Å². The van der Waals surface area contributed by atoms with E-state index in [0.29, 0.717) is 6.42 Å². The highest BCUT2D eigenvalue weighted by atomic mass is 19.4. The zero-order valence-corrected chi connectivity index (χ0v) is 21.0. The minimum absolute atomic E-state index is 0.0230. The van der Waals surface area contributed by atoms with Crippen LogP contribution in [0, 0.1) is 18.6 Å². The molecule has 1 aliphatic heterocycles. The van der Waals surface area contributed by atoms with Crippen LogP contribution in [-0.4, -0.2) is 65.3 Å². The zero-order chi connectivity index (χ0) is 27.1. The normalized spacial score (nSPS) is 24.2. The van der Waals surface area contributed by atoms with Gasteiger partial charge < -0.3 is 14.9 Å². The van der Waals surface area contributed by atoms with Gasteiger partial charge in [-0.15, -0.1) is 0 Å². The number of aliphatic hydroxyl groups excluding tert-OH is 1. The summed E-state index contributed by atoms with van der Waals surface area (Å²) in [5, 5.41) is 10.4. The molecule has 2 heterocycles. The summed E-state index contributed by atoms with van der Waals surface area (Å²) in [6.45, 7) is 3.51. The first kappa shape index (κ1) is 27.3. The molecule has 2 aromatic rings. The second-order valence-electron chi connectivity index (χ2n) is 9.82. The Morgan fingerprint density at radius 1 is 1.16 bits per heavy atom. The van der Waals surface area contributed by atoms with Crippen molar-refractivity contribution in [3.05, 3.63) is 53.2 Å². The van der Waals surface area contributed by atoms with E-state index in [2.05, 4.69) is 4.98 Å². The molecule has 6 nitrogen and oxygen atoms in total. The van der Waals surface area contributed by atoms with Crippen molar-refractivity contribution in [2.45, 2.75) is 69.9 Å². The highest BCUT2D eigenvalue weighted by molar-refractivity contribution is 5.99. The number of carbonyl (C=O) groups is 1. The van der Waals surface area contributed by atoms with Crippen LogP contribution in [-0.2, 0) is 11.0 Å². The van der Waals surface area contributed by atoms with Gasteiger partial charge >= 0.3 is 6.18 Å². The fourth-order valence-electron chi connectivity index (χ4n) is 5.52. The van der Waals surface area contributed by atoms with Crippen molar-refractivity contribution in [1.29, 1.82) is 0 Å². The van der Waals surface area contributed by atoms with E-state index in [1.807, 2.05) is 11.9 Å². The largest absolute Gasteiger partial charge is 0.416 e. The number of benzene rings is 1. The van der Waals surface area contributed by atoms with Gasteiger partial charge in [0.15, 0.2) is 11.6 Å². The Hall–Kier alpha value is -2.79. The molecule has 1 aromatic heterocycles. The highest BCUT2D eigenvalue weighted by Gasteiger charge is 2.44. The van der Waals surface area contributed by atoms with Gasteiger partial charge in [0.25, 0.3) is 0 Å². The number of alkyl halides is 3. The Morgan fingerprint density at radius 3 is 2.49 bits per heavy atom. The van der Waals surface area contributed by atoms with Crippen molar-refractivity contribution in [3.63, 3.8) is 0 Å². The Balaban J connectivity index is 1.71. The van der Waals surface area contributed by atoms with Gasteiger partial charge in [-0.3, -0.25) is 9.69 Å². The molecular weight excluding hydrogens is 495 g/mol. The summed E-state index contributed by atoms with van der Waals surface area (Å²) < 4.78 is 68.3. The standard InChI is InChI=1S/C26H31F5N4O2/c1-4-34(17-8-9-19(27)20(28)12-17)25(37)22-13-18(33(3)21-6-5-7-23(21)36)14-35(22)24-11-16(26(29,30)31)10-15(2)32-24/h8-12,18,21-23,36H,4-7,13-14H2,1-3H3/t18-,21-,22-,23+/m0/s1. The molecule has 2 fully saturated rings. The number of nitrogens with zero attached hydrogens (tertiary/aromatic N) is 4. The molecule has 11 heteroatoms. The lowest BCUT2D eigenvalue weighted by atomic mass is 10.1.